The summed E-state index contributed by atoms with van der Waals surface area (Å²) in [5, 5.41) is 11.8. The molecule has 1 heterocycles. The van der Waals surface area contributed by atoms with Gasteiger partial charge in [0.25, 0.3) is 0 Å². The summed E-state index contributed by atoms with van der Waals surface area (Å²) in [5.41, 5.74) is 0.908. The Morgan fingerprint density at radius 1 is 1.53 bits per heavy atom. The molecule has 1 aromatic heterocycles. The van der Waals surface area contributed by atoms with Gasteiger partial charge in [0.2, 0.25) is 5.42 Å². The summed E-state index contributed by atoms with van der Waals surface area (Å²) < 4.78 is 5.01. The zero-order valence-corrected chi connectivity index (χ0v) is 8.27. The molecule has 15 heavy (non-hydrogen) atoms. The molecule has 1 aromatic rings. The average molecular weight is 202 g/mol. The van der Waals surface area contributed by atoms with Crippen LogP contribution in [0.4, 0.5) is 0 Å². The van der Waals surface area contributed by atoms with E-state index in [0.29, 0.717) is 5.42 Å². The molecule has 76 valence electrons. The van der Waals surface area contributed by atoms with Crippen LogP contribution in [0.15, 0.2) is 33.0 Å². The first-order valence-corrected chi connectivity index (χ1v) is 4.70. The lowest BCUT2D eigenvalue weighted by molar-refractivity contribution is -0.397. The first kappa shape index (κ1) is 9.80. The summed E-state index contributed by atoms with van der Waals surface area (Å²) >= 11 is 0. The molecule has 0 fully saturated rings. The lowest BCUT2D eigenvalue weighted by Crippen LogP contribution is -2.31. The molecule has 0 saturated carbocycles. The van der Waals surface area contributed by atoms with Gasteiger partial charge in [0, 0.05) is 18.6 Å². The maximum Gasteiger partial charge on any atom is 0.338 e. The number of rotatable bonds is 1. The lowest BCUT2D eigenvalue weighted by Gasteiger charge is -2.07. The van der Waals surface area contributed by atoms with Crippen molar-refractivity contribution in [1.29, 1.82) is 0 Å². The van der Waals surface area contributed by atoms with Crippen molar-refractivity contribution in [3.63, 3.8) is 0 Å². The van der Waals surface area contributed by atoms with Crippen molar-refractivity contribution in [2.45, 2.75) is 13.0 Å². The van der Waals surface area contributed by atoms with Crippen LogP contribution in [0.1, 0.15) is 6.92 Å². The van der Waals surface area contributed by atoms with Crippen molar-refractivity contribution in [2.24, 2.45) is 0 Å². The minimum Gasteiger partial charge on any atom is -0.841 e. The topological polar surface area (TPSA) is 53.3 Å². The smallest absolute Gasteiger partial charge is 0.338 e. The molecule has 0 aliphatic heterocycles. The first-order chi connectivity index (χ1) is 7.15. The predicted octanol–water partition coefficient (Wildman–Crippen LogP) is -0.906. The van der Waals surface area contributed by atoms with Crippen LogP contribution in [0, 0.1) is 6.42 Å². The van der Waals surface area contributed by atoms with Crippen LogP contribution in [0.3, 0.4) is 0 Å². The monoisotopic (exact) mass is 202 g/mol. The van der Waals surface area contributed by atoms with Gasteiger partial charge in [0.05, 0.1) is 16.9 Å². The molecular weight excluding hydrogens is 192 g/mol. The maximum absolute atomic E-state index is 11.0. The van der Waals surface area contributed by atoms with E-state index in [4.69, 9.17) is 4.42 Å². The summed E-state index contributed by atoms with van der Waals surface area (Å²) in [4.78, 5) is 11.0. The van der Waals surface area contributed by atoms with E-state index in [2.05, 4.69) is 0 Å². The van der Waals surface area contributed by atoms with Crippen LogP contribution in [-0.4, -0.2) is 6.10 Å². The number of hydrogen-bond donors (Lipinski definition) is 0. The highest BCUT2D eigenvalue weighted by molar-refractivity contribution is 5.62. The molecule has 0 radical (unpaired) electrons. The van der Waals surface area contributed by atoms with Crippen LogP contribution in [0.25, 0.3) is 12.2 Å². The fraction of sp³-hybridized carbons (Fsp3) is 0.167. The Hall–Kier alpha value is -1.74. The number of hydrogen-bond acceptors (Lipinski definition) is 3. The van der Waals surface area contributed by atoms with E-state index in [1.807, 2.05) is 12.5 Å². The van der Waals surface area contributed by atoms with Crippen molar-refractivity contribution in [3.05, 3.63) is 51.3 Å². The highest BCUT2D eigenvalue weighted by Crippen LogP contribution is 2.05. The van der Waals surface area contributed by atoms with Crippen molar-refractivity contribution in [2.75, 3.05) is 0 Å². The molecule has 1 aliphatic carbocycles. The van der Waals surface area contributed by atoms with Crippen molar-refractivity contribution in [1.82, 2.24) is 0 Å². The van der Waals surface area contributed by atoms with Gasteiger partial charge in [-0.15, -0.1) is 0 Å². The van der Waals surface area contributed by atoms with E-state index < -0.39 is 6.10 Å². The van der Waals surface area contributed by atoms with Gasteiger partial charge >= 0.3 is 5.63 Å². The zero-order chi connectivity index (χ0) is 10.8. The third kappa shape index (κ3) is 2.19. The first-order valence-electron chi connectivity index (χ1n) is 4.70. The molecule has 1 aliphatic rings. The minimum absolute atomic E-state index is 0.380. The molecular formula is C12H10O3. The van der Waals surface area contributed by atoms with Gasteiger partial charge in [-0.25, -0.2) is 4.79 Å². The summed E-state index contributed by atoms with van der Waals surface area (Å²) in [6.07, 6.45) is 6.17. The second-order valence-electron chi connectivity index (χ2n) is 3.42. The van der Waals surface area contributed by atoms with Crippen LogP contribution >= 0.6 is 0 Å². The van der Waals surface area contributed by atoms with Gasteiger partial charge in [-0.3, -0.25) is 0 Å². The van der Waals surface area contributed by atoms with E-state index in [-0.39, 0.29) is 5.63 Å². The second-order valence-corrected chi connectivity index (χ2v) is 3.42. The standard InChI is InChI=1S/C12H10O3/c1-8(13)6-9-2-3-10-4-5-12(14)15-11(10)7-9/h2-8H,1H3/b9-6-. The summed E-state index contributed by atoms with van der Waals surface area (Å²) in [7, 11) is 0. The molecule has 0 bridgehead atoms. The molecule has 0 amide bonds. The fourth-order valence-electron chi connectivity index (χ4n) is 1.45. The van der Waals surface area contributed by atoms with E-state index in [0.717, 1.165) is 10.8 Å². The van der Waals surface area contributed by atoms with Crippen LogP contribution in [0.5, 0.6) is 0 Å². The van der Waals surface area contributed by atoms with E-state index in [1.165, 1.54) is 6.07 Å². The van der Waals surface area contributed by atoms with Crippen LogP contribution < -0.4 is 21.4 Å². The summed E-state index contributed by atoms with van der Waals surface area (Å²) in [6, 6.07) is 3.08. The average Bonchev–Trinajstić information content (AvgIpc) is 2.16. The highest BCUT2D eigenvalue weighted by Gasteiger charge is 2.08. The Balaban J connectivity index is 2.57. The van der Waals surface area contributed by atoms with Crippen molar-refractivity contribution < 1.29 is 9.52 Å². The van der Waals surface area contributed by atoms with Crippen molar-refractivity contribution >= 4 is 12.2 Å². The molecule has 0 aromatic carbocycles. The van der Waals surface area contributed by atoms with Crippen LogP contribution in [0.2, 0.25) is 0 Å². The number of allylic oxidation sites excluding steroid dienone is 1. The van der Waals surface area contributed by atoms with Crippen LogP contribution in [-0.2, 0) is 0 Å². The number of fused-ring (bicyclic) bond motifs is 1. The van der Waals surface area contributed by atoms with Gasteiger partial charge in [-0.1, -0.05) is 13.0 Å². The minimum atomic E-state index is -0.766. The normalized spacial score (nSPS) is 18.4. The van der Waals surface area contributed by atoms with E-state index in [1.54, 1.807) is 25.1 Å². The van der Waals surface area contributed by atoms with Gasteiger partial charge < -0.3 is 9.52 Å². The molecule has 1 atom stereocenters. The lowest BCUT2D eigenvalue weighted by atomic mass is 10.1. The molecule has 3 heteroatoms. The van der Waals surface area contributed by atoms with Gasteiger partial charge in [-0.2, -0.15) is 0 Å². The summed E-state index contributed by atoms with van der Waals surface area (Å²) in [6.45, 7) is 1.56. The Labute approximate surface area is 86.7 Å². The second kappa shape index (κ2) is 3.79. The fourth-order valence-corrected chi connectivity index (χ4v) is 1.45. The Morgan fingerprint density at radius 2 is 2.33 bits per heavy atom. The van der Waals surface area contributed by atoms with Gasteiger partial charge in [-0.05, 0) is 12.1 Å². The third-order valence-corrected chi connectivity index (χ3v) is 2.07. The molecule has 2 rings (SSSR count). The quantitative estimate of drug-likeness (QED) is 0.554. The molecule has 0 spiro atoms. The van der Waals surface area contributed by atoms with Crippen molar-refractivity contribution in [3.8, 4) is 0 Å². The van der Waals surface area contributed by atoms with E-state index >= 15 is 0 Å². The third-order valence-electron chi connectivity index (χ3n) is 2.07. The predicted molar refractivity (Wildman–Crippen MR) is 55.0 cm³/mol. The van der Waals surface area contributed by atoms with Gasteiger partial charge in [0.15, 0.2) is 0 Å². The zero-order valence-electron chi connectivity index (χ0n) is 8.27. The molecule has 0 N–H and O–H groups in total. The summed E-state index contributed by atoms with van der Waals surface area (Å²) in [5.74, 6) is 0. The largest absolute Gasteiger partial charge is 0.841 e. The molecule has 1 unspecified atom stereocenters. The molecule has 0 saturated heterocycles. The molecule has 3 nitrogen and oxygen atoms in total. The Kier molecular flexibility index (Phi) is 2.47. The highest BCUT2D eigenvalue weighted by atomic mass is 16.4. The van der Waals surface area contributed by atoms with Gasteiger partial charge in [0.1, 0.15) is 0 Å². The Morgan fingerprint density at radius 3 is 3.07 bits per heavy atom. The SMILES string of the molecule is CC([O-])/C=C1\C=c2oc(=O)ccc2=C[CH+]1. The van der Waals surface area contributed by atoms with E-state index in [9.17, 15) is 9.90 Å². The Bertz CT molecular complexity index is 561. The maximum atomic E-state index is 11.0.